The van der Waals surface area contributed by atoms with Gasteiger partial charge in [-0.1, -0.05) is 6.42 Å². The van der Waals surface area contributed by atoms with Gasteiger partial charge in [-0.25, -0.2) is 0 Å². The van der Waals surface area contributed by atoms with E-state index in [1.807, 2.05) is 0 Å². The van der Waals surface area contributed by atoms with E-state index in [-0.39, 0.29) is 11.0 Å². The summed E-state index contributed by atoms with van der Waals surface area (Å²) in [6, 6.07) is 1.53. The molecule has 1 N–H and O–H groups in total. The first kappa shape index (κ1) is 9.18. The second-order valence-electron chi connectivity index (χ2n) is 2.90. The SMILES string of the molecule is CC1CCCC(C)N1.[SiH4]. The molecule has 0 saturated carbocycles. The molecule has 1 fully saturated rings. The summed E-state index contributed by atoms with van der Waals surface area (Å²) in [7, 11) is 0. The van der Waals surface area contributed by atoms with Crippen LogP contribution in [0.15, 0.2) is 0 Å². The molecule has 0 radical (unpaired) electrons. The van der Waals surface area contributed by atoms with E-state index in [0.717, 1.165) is 12.1 Å². The maximum absolute atomic E-state index is 3.48. The average molecular weight is 145 g/mol. The lowest BCUT2D eigenvalue weighted by atomic mass is 10.0. The van der Waals surface area contributed by atoms with Crippen LogP contribution in [0.1, 0.15) is 33.1 Å². The molecule has 1 nitrogen and oxygen atoms in total. The van der Waals surface area contributed by atoms with Crippen LogP contribution in [-0.4, -0.2) is 23.0 Å². The van der Waals surface area contributed by atoms with Crippen LogP contribution < -0.4 is 5.32 Å². The lowest BCUT2D eigenvalue weighted by Crippen LogP contribution is -2.38. The third-order valence-corrected chi connectivity index (χ3v) is 1.84. The normalized spacial score (nSPS) is 35.3. The van der Waals surface area contributed by atoms with Crippen molar-refractivity contribution in [3.05, 3.63) is 0 Å². The summed E-state index contributed by atoms with van der Waals surface area (Å²) < 4.78 is 0. The minimum Gasteiger partial charge on any atom is -0.312 e. The van der Waals surface area contributed by atoms with Crippen molar-refractivity contribution in [3.8, 4) is 0 Å². The fourth-order valence-electron chi connectivity index (χ4n) is 1.38. The quantitative estimate of drug-likeness (QED) is 0.476. The summed E-state index contributed by atoms with van der Waals surface area (Å²) in [6.07, 6.45) is 4.14. The van der Waals surface area contributed by atoms with Crippen molar-refractivity contribution >= 4 is 11.0 Å². The first-order valence-electron chi connectivity index (χ1n) is 3.55. The Bertz CT molecular complexity index is 67.3. The van der Waals surface area contributed by atoms with Gasteiger partial charge in [-0.15, -0.1) is 0 Å². The molecule has 1 saturated heterocycles. The molecular formula is C7H19NSi. The number of piperidine rings is 1. The molecule has 0 amide bonds. The number of hydrogen-bond acceptors (Lipinski definition) is 1. The summed E-state index contributed by atoms with van der Waals surface area (Å²) in [5.41, 5.74) is 0. The van der Waals surface area contributed by atoms with Gasteiger partial charge in [0.15, 0.2) is 0 Å². The molecule has 0 bridgehead atoms. The highest BCUT2D eigenvalue weighted by atomic mass is 28.1. The maximum atomic E-state index is 3.48. The number of hydrogen-bond donors (Lipinski definition) is 1. The molecule has 9 heavy (non-hydrogen) atoms. The van der Waals surface area contributed by atoms with Gasteiger partial charge in [0.25, 0.3) is 0 Å². The maximum Gasteiger partial charge on any atom is 0.00412 e. The predicted octanol–water partition coefficient (Wildman–Crippen LogP) is 0.0853. The van der Waals surface area contributed by atoms with Crippen LogP contribution in [-0.2, 0) is 0 Å². The Morgan fingerprint density at radius 2 is 1.56 bits per heavy atom. The third kappa shape index (κ3) is 3.01. The smallest absolute Gasteiger partial charge is 0.00412 e. The second-order valence-corrected chi connectivity index (χ2v) is 2.90. The zero-order chi connectivity index (χ0) is 5.98. The van der Waals surface area contributed by atoms with Crippen LogP contribution in [0, 0.1) is 0 Å². The standard InChI is InChI=1S/C7H15N.H4Si/c1-6-4-3-5-7(2)8-6;/h6-8H,3-5H2,1-2H3;1H4. The first-order valence-corrected chi connectivity index (χ1v) is 3.55. The van der Waals surface area contributed by atoms with Crippen LogP contribution >= 0.6 is 0 Å². The van der Waals surface area contributed by atoms with Gasteiger partial charge in [0, 0.05) is 12.1 Å². The van der Waals surface area contributed by atoms with Gasteiger partial charge in [-0.3, -0.25) is 0 Å². The fraction of sp³-hybridized carbons (Fsp3) is 1.00. The monoisotopic (exact) mass is 145 g/mol. The van der Waals surface area contributed by atoms with Gasteiger partial charge in [0.2, 0.25) is 0 Å². The largest absolute Gasteiger partial charge is 0.312 e. The number of rotatable bonds is 0. The van der Waals surface area contributed by atoms with E-state index in [1.165, 1.54) is 19.3 Å². The van der Waals surface area contributed by atoms with Crippen LogP contribution in [0.4, 0.5) is 0 Å². The van der Waals surface area contributed by atoms with Crippen LogP contribution in [0.3, 0.4) is 0 Å². The molecule has 1 heterocycles. The minimum absolute atomic E-state index is 0. The van der Waals surface area contributed by atoms with E-state index in [1.54, 1.807) is 0 Å². The lowest BCUT2D eigenvalue weighted by molar-refractivity contribution is 0.352. The molecule has 0 aromatic rings. The summed E-state index contributed by atoms with van der Waals surface area (Å²) in [5.74, 6) is 0. The van der Waals surface area contributed by atoms with Crippen molar-refractivity contribution in [1.82, 2.24) is 5.32 Å². The summed E-state index contributed by atoms with van der Waals surface area (Å²) in [4.78, 5) is 0. The van der Waals surface area contributed by atoms with Crippen LogP contribution in [0.25, 0.3) is 0 Å². The van der Waals surface area contributed by atoms with Crippen molar-refractivity contribution in [2.75, 3.05) is 0 Å². The highest BCUT2D eigenvalue weighted by Gasteiger charge is 2.11. The molecule has 2 heteroatoms. The molecule has 1 aliphatic rings. The lowest BCUT2D eigenvalue weighted by Gasteiger charge is -2.25. The Balaban J connectivity index is 0.000000640. The summed E-state index contributed by atoms with van der Waals surface area (Å²) in [5, 5.41) is 3.48. The predicted molar refractivity (Wildman–Crippen MR) is 47.2 cm³/mol. The molecule has 1 rings (SSSR count). The Morgan fingerprint density at radius 1 is 1.11 bits per heavy atom. The molecule has 0 spiro atoms. The van der Waals surface area contributed by atoms with E-state index in [4.69, 9.17) is 0 Å². The summed E-state index contributed by atoms with van der Waals surface area (Å²) >= 11 is 0. The van der Waals surface area contributed by atoms with Crippen LogP contribution in [0.2, 0.25) is 0 Å². The summed E-state index contributed by atoms with van der Waals surface area (Å²) in [6.45, 7) is 4.52. The molecular weight excluding hydrogens is 126 g/mol. The van der Waals surface area contributed by atoms with Crippen molar-refractivity contribution in [2.24, 2.45) is 0 Å². The zero-order valence-corrected chi connectivity index (χ0v) is 5.78. The van der Waals surface area contributed by atoms with E-state index in [0.29, 0.717) is 0 Å². The Kier molecular flexibility index (Phi) is 4.15. The second kappa shape index (κ2) is 4.07. The van der Waals surface area contributed by atoms with Crippen molar-refractivity contribution < 1.29 is 0 Å². The van der Waals surface area contributed by atoms with E-state index < -0.39 is 0 Å². The van der Waals surface area contributed by atoms with Crippen molar-refractivity contribution in [3.63, 3.8) is 0 Å². The molecule has 0 aromatic carbocycles. The molecule has 2 atom stereocenters. The van der Waals surface area contributed by atoms with E-state index in [2.05, 4.69) is 19.2 Å². The van der Waals surface area contributed by atoms with Gasteiger partial charge in [-0.05, 0) is 37.7 Å². The third-order valence-electron chi connectivity index (χ3n) is 1.84. The zero-order valence-electron chi connectivity index (χ0n) is 5.78. The van der Waals surface area contributed by atoms with Crippen LogP contribution in [0.5, 0.6) is 0 Å². The Morgan fingerprint density at radius 3 is 1.78 bits per heavy atom. The molecule has 0 aliphatic carbocycles. The van der Waals surface area contributed by atoms with Gasteiger partial charge >= 0.3 is 0 Å². The Hall–Kier alpha value is 0.177. The molecule has 0 aromatic heterocycles. The average Bonchev–Trinajstić information content (AvgIpc) is 1.64. The first-order chi connectivity index (χ1) is 3.79. The van der Waals surface area contributed by atoms with Crippen molar-refractivity contribution in [1.29, 1.82) is 0 Å². The van der Waals surface area contributed by atoms with Gasteiger partial charge in [-0.2, -0.15) is 0 Å². The highest BCUT2D eigenvalue weighted by Crippen LogP contribution is 2.10. The van der Waals surface area contributed by atoms with E-state index >= 15 is 0 Å². The number of nitrogens with one attached hydrogen (secondary N) is 1. The van der Waals surface area contributed by atoms with E-state index in [9.17, 15) is 0 Å². The van der Waals surface area contributed by atoms with Crippen molar-refractivity contribution in [2.45, 2.75) is 45.2 Å². The Labute approximate surface area is 62.2 Å². The molecule has 56 valence electrons. The highest BCUT2D eigenvalue weighted by molar-refractivity contribution is 5.75. The molecule has 1 aliphatic heterocycles. The van der Waals surface area contributed by atoms with Gasteiger partial charge in [0.1, 0.15) is 0 Å². The van der Waals surface area contributed by atoms with Gasteiger partial charge in [0.05, 0.1) is 0 Å². The molecule has 2 unspecified atom stereocenters. The minimum atomic E-state index is 0. The topological polar surface area (TPSA) is 12.0 Å². The van der Waals surface area contributed by atoms with Gasteiger partial charge < -0.3 is 5.32 Å². The fourth-order valence-corrected chi connectivity index (χ4v) is 1.38.